The molecule has 8 heteroatoms. The number of aromatic amines is 1. The molecular weight excluding hydrogens is 310 g/mol. The van der Waals surface area contributed by atoms with Crippen molar-refractivity contribution in [3.63, 3.8) is 0 Å². The van der Waals surface area contributed by atoms with Crippen molar-refractivity contribution in [1.82, 2.24) is 9.55 Å². The molecule has 0 saturated carbocycles. The quantitative estimate of drug-likeness (QED) is 0.869. The van der Waals surface area contributed by atoms with E-state index in [1.165, 1.54) is 0 Å². The Kier molecular flexibility index (Phi) is 3.87. The average molecular weight is 324 g/mol. The molecule has 23 heavy (non-hydrogen) atoms. The maximum absolute atomic E-state index is 14.3. The number of hydrogen-bond acceptors (Lipinski definition) is 4. The first-order valence-electron chi connectivity index (χ1n) is 6.96. The van der Waals surface area contributed by atoms with Gasteiger partial charge in [0.1, 0.15) is 6.10 Å². The highest BCUT2D eigenvalue weighted by Crippen LogP contribution is 2.42. The van der Waals surface area contributed by atoms with Crippen LogP contribution in [0, 0.1) is 0 Å². The molecule has 0 aliphatic carbocycles. The lowest BCUT2D eigenvalue weighted by Crippen LogP contribution is -2.42. The number of alkyl halides is 2. The molecule has 0 bridgehead atoms. The van der Waals surface area contributed by atoms with Crippen LogP contribution >= 0.6 is 0 Å². The molecule has 2 N–H and O–H groups in total. The standard InChI is InChI=1S/C15H14F2N2O4/c16-15(17)12(21)10(8-9-4-2-1-3-5-9)23-13(15)19-7-6-11(20)18-14(19)22/h1-7,10,12-13,21H,8H2,(H,18,20,22)/t10-,12-,13-/m1/s1. The highest BCUT2D eigenvalue weighted by atomic mass is 19.3. The second-order valence-electron chi connectivity index (χ2n) is 5.35. The van der Waals surface area contributed by atoms with Gasteiger partial charge in [-0.15, -0.1) is 0 Å². The molecule has 1 fully saturated rings. The van der Waals surface area contributed by atoms with Crippen molar-refractivity contribution >= 4 is 0 Å². The lowest BCUT2D eigenvalue weighted by molar-refractivity contribution is -0.140. The number of benzene rings is 1. The van der Waals surface area contributed by atoms with Gasteiger partial charge in [0, 0.05) is 18.7 Å². The van der Waals surface area contributed by atoms with Crippen LogP contribution in [0.5, 0.6) is 0 Å². The van der Waals surface area contributed by atoms with Crippen LogP contribution in [0.25, 0.3) is 0 Å². The molecule has 2 aromatic rings. The third kappa shape index (κ3) is 2.82. The van der Waals surface area contributed by atoms with Gasteiger partial charge in [-0.05, 0) is 5.56 Å². The highest BCUT2D eigenvalue weighted by Gasteiger charge is 2.59. The summed E-state index contributed by atoms with van der Waals surface area (Å²) in [4.78, 5) is 24.6. The predicted octanol–water partition coefficient (Wildman–Crippen LogP) is 0.673. The molecule has 3 atom stereocenters. The van der Waals surface area contributed by atoms with Crippen LogP contribution in [-0.4, -0.2) is 32.8 Å². The lowest BCUT2D eigenvalue weighted by Gasteiger charge is -2.20. The Balaban J connectivity index is 1.91. The Labute approximate surface area is 129 Å². The number of ether oxygens (including phenoxy) is 1. The summed E-state index contributed by atoms with van der Waals surface area (Å²) in [6, 6.07) is 9.68. The Hall–Kier alpha value is -2.32. The first-order chi connectivity index (χ1) is 10.9. The summed E-state index contributed by atoms with van der Waals surface area (Å²) >= 11 is 0. The van der Waals surface area contributed by atoms with E-state index in [1.807, 2.05) is 4.98 Å². The molecule has 1 saturated heterocycles. The number of aromatic nitrogens is 2. The van der Waals surface area contributed by atoms with Crippen LogP contribution in [-0.2, 0) is 11.2 Å². The third-order valence-electron chi connectivity index (χ3n) is 3.76. The van der Waals surface area contributed by atoms with E-state index in [2.05, 4.69) is 0 Å². The highest BCUT2D eigenvalue weighted by molar-refractivity contribution is 5.17. The number of nitrogens with one attached hydrogen (secondary N) is 1. The Morgan fingerprint density at radius 3 is 2.57 bits per heavy atom. The second kappa shape index (κ2) is 5.71. The van der Waals surface area contributed by atoms with E-state index in [1.54, 1.807) is 30.3 Å². The van der Waals surface area contributed by atoms with E-state index in [9.17, 15) is 23.5 Å². The largest absolute Gasteiger partial charge is 0.384 e. The molecule has 1 aliphatic rings. The number of aliphatic hydroxyl groups excluding tert-OH is 1. The minimum atomic E-state index is -3.67. The lowest BCUT2D eigenvalue weighted by atomic mass is 10.0. The summed E-state index contributed by atoms with van der Waals surface area (Å²) in [5, 5.41) is 9.89. The Bertz CT molecular complexity index is 803. The van der Waals surface area contributed by atoms with E-state index in [0.717, 1.165) is 17.8 Å². The predicted molar refractivity (Wildman–Crippen MR) is 76.3 cm³/mol. The number of rotatable bonds is 3. The fraction of sp³-hybridized carbons (Fsp3) is 0.333. The summed E-state index contributed by atoms with van der Waals surface area (Å²) in [7, 11) is 0. The fourth-order valence-corrected chi connectivity index (χ4v) is 2.59. The molecule has 0 amide bonds. The molecule has 0 spiro atoms. The first-order valence-corrected chi connectivity index (χ1v) is 6.96. The smallest absolute Gasteiger partial charge is 0.330 e. The molecule has 0 radical (unpaired) electrons. The van der Waals surface area contributed by atoms with E-state index in [0.29, 0.717) is 4.57 Å². The van der Waals surface area contributed by atoms with Crippen LogP contribution in [0.3, 0.4) is 0 Å². The van der Waals surface area contributed by atoms with Gasteiger partial charge < -0.3 is 9.84 Å². The van der Waals surface area contributed by atoms with Crippen molar-refractivity contribution < 1.29 is 18.6 Å². The van der Waals surface area contributed by atoms with E-state index < -0.39 is 35.6 Å². The minimum absolute atomic E-state index is 0.0756. The molecule has 3 rings (SSSR count). The van der Waals surface area contributed by atoms with E-state index in [-0.39, 0.29) is 6.42 Å². The van der Waals surface area contributed by atoms with Gasteiger partial charge in [0.05, 0.1) is 6.10 Å². The van der Waals surface area contributed by atoms with Gasteiger partial charge in [-0.2, -0.15) is 8.78 Å². The van der Waals surface area contributed by atoms with Crippen LogP contribution in [0.4, 0.5) is 8.78 Å². The zero-order valence-electron chi connectivity index (χ0n) is 11.9. The topological polar surface area (TPSA) is 84.3 Å². The normalized spacial score (nSPS) is 26.3. The monoisotopic (exact) mass is 324 g/mol. The Morgan fingerprint density at radius 1 is 1.22 bits per heavy atom. The molecule has 6 nitrogen and oxygen atoms in total. The van der Waals surface area contributed by atoms with Gasteiger partial charge in [-0.1, -0.05) is 30.3 Å². The molecule has 1 aliphatic heterocycles. The van der Waals surface area contributed by atoms with Gasteiger partial charge in [-0.3, -0.25) is 14.3 Å². The molecule has 2 heterocycles. The van der Waals surface area contributed by atoms with Crippen molar-refractivity contribution in [2.75, 3.05) is 0 Å². The zero-order chi connectivity index (χ0) is 16.6. The maximum Gasteiger partial charge on any atom is 0.330 e. The average Bonchev–Trinajstić information content (AvgIpc) is 2.72. The van der Waals surface area contributed by atoms with Crippen LogP contribution < -0.4 is 11.2 Å². The van der Waals surface area contributed by atoms with E-state index >= 15 is 0 Å². The molecule has 1 aromatic heterocycles. The van der Waals surface area contributed by atoms with E-state index in [4.69, 9.17) is 4.74 Å². The van der Waals surface area contributed by atoms with Crippen LogP contribution in [0.2, 0.25) is 0 Å². The number of aliphatic hydroxyl groups is 1. The minimum Gasteiger partial charge on any atom is -0.384 e. The first kappa shape index (κ1) is 15.6. The van der Waals surface area contributed by atoms with Crippen LogP contribution in [0.15, 0.2) is 52.2 Å². The Morgan fingerprint density at radius 2 is 1.91 bits per heavy atom. The van der Waals surface area contributed by atoms with Crippen molar-refractivity contribution in [3.05, 3.63) is 69.0 Å². The second-order valence-corrected chi connectivity index (χ2v) is 5.35. The fourth-order valence-electron chi connectivity index (χ4n) is 2.59. The SMILES string of the molecule is O=c1ccn([C@@H]2O[C@H](Cc3ccccc3)[C@@H](O)C2(F)F)c(=O)[nH]1. The van der Waals surface area contributed by atoms with Gasteiger partial charge in [0.15, 0.2) is 0 Å². The summed E-state index contributed by atoms with van der Waals surface area (Å²) < 4.78 is 34.4. The van der Waals surface area contributed by atoms with Gasteiger partial charge in [-0.25, -0.2) is 4.79 Å². The van der Waals surface area contributed by atoms with Crippen molar-refractivity contribution in [2.24, 2.45) is 0 Å². The summed E-state index contributed by atoms with van der Waals surface area (Å²) in [5.74, 6) is -3.67. The van der Waals surface area contributed by atoms with Crippen molar-refractivity contribution in [1.29, 1.82) is 0 Å². The molecule has 1 aromatic carbocycles. The molecular formula is C15H14F2N2O4. The van der Waals surface area contributed by atoms with Crippen molar-refractivity contribution in [2.45, 2.75) is 30.8 Å². The zero-order valence-corrected chi connectivity index (χ0v) is 11.9. The third-order valence-corrected chi connectivity index (χ3v) is 3.76. The summed E-state index contributed by atoms with van der Waals surface area (Å²) in [6.45, 7) is 0. The number of H-pyrrole nitrogens is 1. The van der Waals surface area contributed by atoms with Gasteiger partial charge in [0.25, 0.3) is 5.56 Å². The number of hydrogen-bond donors (Lipinski definition) is 2. The summed E-state index contributed by atoms with van der Waals surface area (Å²) in [6.07, 6.45) is -4.21. The number of nitrogens with zero attached hydrogens (tertiary/aromatic N) is 1. The summed E-state index contributed by atoms with van der Waals surface area (Å²) in [5.41, 5.74) is -0.995. The maximum atomic E-state index is 14.3. The van der Waals surface area contributed by atoms with Gasteiger partial charge in [0.2, 0.25) is 6.23 Å². The van der Waals surface area contributed by atoms with Crippen molar-refractivity contribution in [3.8, 4) is 0 Å². The van der Waals surface area contributed by atoms with Gasteiger partial charge >= 0.3 is 11.6 Å². The number of halogens is 2. The molecule has 122 valence electrons. The molecule has 0 unspecified atom stereocenters. The van der Waals surface area contributed by atoms with Crippen LogP contribution in [0.1, 0.15) is 11.8 Å².